The lowest BCUT2D eigenvalue weighted by molar-refractivity contribution is 0.468. The Bertz CT molecular complexity index is 258. The zero-order chi connectivity index (χ0) is 9.19. The summed E-state index contributed by atoms with van der Waals surface area (Å²) in [6, 6.07) is 2.67. The van der Waals surface area contributed by atoms with E-state index in [2.05, 4.69) is 4.98 Å². The highest BCUT2D eigenvalue weighted by Crippen LogP contribution is 2.16. The number of halogens is 4. The minimum atomic E-state index is -4.78. The molecule has 1 rings (SSSR count). The van der Waals surface area contributed by atoms with Crippen molar-refractivity contribution in [2.75, 3.05) is 0 Å². The van der Waals surface area contributed by atoms with E-state index in [9.17, 15) is 12.9 Å². The summed E-state index contributed by atoms with van der Waals surface area (Å²) in [4.78, 5) is 3.54. The summed E-state index contributed by atoms with van der Waals surface area (Å²) in [6.45, 7) is -4.78. The number of hydrogen-bond donors (Lipinski definition) is 0. The van der Waals surface area contributed by atoms with Crippen LogP contribution in [0.1, 0.15) is 5.56 Å². The number of nitrogens with zero attached hydrogens (tertiary/aromatic N) is 1. The van der Waals surface area contributed by atoms with Crippen molar-refractivity contribution < 1.29 is 12.9 Å². The van der Waals surface area contributed by atoms with Gasteiger partial charge in [-0.3, -0.25) is 0 Å². The molecule has 0 spiro atoms. The molecule has 0 aliphatic carbocycles. The number of hydrogen-bond acceptors (Lipinski definition) is 1. The van der Waals surface area contributed by atoms with Crippen LogP contribution in [-0.4, -0.2) is 12.0 Å². The third-order valence-corrected chi connectivity index (χ3v) is 1.48. The fourth-order valence-electron chi connectivity index (χ4n) is 0.794. The summed E-state index contributed by atoms with van der Waals surface area (Å²) < 4.78 is 35.5. The molecule has 12 heavy (non-hydrogen) atoms. The minimum absolute atomic E-state index is 0.145. The fourth-order valence-corrected chi connectivity index (χ4v) is 0.906. The van der Waals surface area contributed by atoms with Gasteiger partial charge in [0.05, 0.1) is 0 Å². The summed E-state index contributed by atoms with van der Waals surface area (Å²) in [5.41, 5.74) is 0.145. The van der Waals surface area contributed by atoms with E-state index < -0.39 is 13.3 Å². The molecule has 0 aromatic carbocycles. The molecule has 0 amide bonds. The SMILES string of the molecule is F[B-](F)(F)Cc1ccc(Cl)nc1. The first-order valence-corrected chi connectivity index (χ1v) is 3.66. The van der Waals surface area contributed by atoms with E-state index in [0.29, 0.717) is 0 Å². The van der Waals surface area contributed by atoms with E-state index in [1.54, 1.807) is 0 Å². The highest BCUT2D eigenvalue weighted by Gasteiger charge is 2.22. The van der Waals surface area contributed by atoms with Crippen LogP contribution in [0.5, 0.6) is 0 Å². The Morgan fingerprint density at radius 3 is 2.42 bits per heavy atom. The van der Waals surface area contributed by atoms with Crippen molar-refractivity contribution in [3.05, 3.63) is 29.0 Å². The van der Waals surface area contributed by atoms with Crippen molar-refractivity contribution in [2.24, 2.45) is 0 Å². The van der Waals surface area contributed by atoms with Crippen molar-refractivity contribution in [1.29, 1.82) is 0 Å². The Labute approximate surface area is 72.6 Å². The van der Waals surface area contributed by atoms with Crippen LogP contribution in [0.3, 0.4) is 0 Å². The molecule has 0 N–H and O–H groups in total. The Hall–Kier alpha value is -0.705. The summed E-state index contributed by atoms with van der Waals surface area (Å²) in [5.74, 6) is 0. The maximum atomic E-state index is 11.8. The molecule has 0 fully saturated rings. The fraction of sp³-hybridized carbons (Fsp3) is 0.167. The molecule has 0 unspecified atom stereocenters. The lowest BCUT2D eigenvalue weighted by Gasteiger charge is -2.12. The van der Waals surface area contributed by atoms with E-state index >= 15 is 0 Å². The van der Waals surface area contributed by atoms with Crippen molar-refractivity contribution in [2.45, 2.75) is 6.32 Å². The predicted molar refractivity (Wildman–Crippen MR) is 42.0 cm³/mol. The van der Waals surface area contributed by atoms with E-state index in [1.807, 2.05) is 0 Å². The predicted octanol–water partition coefficient (Wildman–Crippen LogP) is 2.66. The zero-order valence-electron chi connectivity index (χ0n) is 5.98. The van der Waals surface area contributed by atoms with E-state index in [4.69, 9.17) is 11.6 Å². The molecule has 1 aromatic heterocycles. The maximum Gasteiger partial charge on any atom is 0.482 e. The number of rotatable bonds is 2. The monoisotopic (exact) mass is 194 g/mol. The molecular weight excluding hydrogens is 189 g/mol. The van der Waals surface area contributed by atoms with E-state index in [-0.39, 0.29) is 10.7 Å². The Morgan fingerprint density at radius 2 is 2.00 bits per heavy atom. The van der Waals surface area contributed by atoms with Crippen LogP contribution in [0.25, 0.3) is 0 Å². The zero-order valence-corrected chi connectivity index (χ0v) is 6.73. The normalized spacial score (nSPS) is 11.7. The first-order chi connectivity index (χ1) is 5.47. The second-order valence-electron chi connectivity index (χ2n) is 2.40. The standard InChI is InChI=1S/C6H5BClF3N/c8-6-2-1-5(4-12-6)3-7(9,10)11/h1-2,4H,3H2/q-1. The summed E-state index contributed by atoms with van der Waals surface area (Å²) in [7, 11) is 0. The van der Waals surface area contributed by atoms with Gasteiger partial charge in [-0.25, -0.2) is 4.98 Å². The van der Waals surface area contributed by atoms with Gasteiger partial charge in [-0.1, -0.05) is 29.6 Å². The maximum absolute atomic E-state index is 11.8. The number of aromatic nitrogens is 1. The van der Waals surface area contributed by atoms with Gasteiger partial charge >= 0.3 is 6.98 Å². The van der Waals surface area contributed by atoms with Gasteiger partial charge in [0, 0.05) is 6.20 Å². The van der Waals surface area contributed by atoms with Gasteiger partial charge in [0.25, 0.3) is 0 Å². The second-order valence-corrected chi connectivity index (χ2v) is 2.79. The molecule has 1 aromatic rings. The Morgan fingerprint density at radius 1 is 1.33 bits per heavy atom. The first kappa shape index (κ1) is 9.38. The van der Waals surface area contributed by atoms with Gasteiger partial charge in [-0.2, -0.15) is 0 Å². The lowest BCUT2D eigenvalue weighted by atomic mass is 9.82. The van der Waals surface area contributed by atoms with Crippen LogP contribution in [0.15, 0.2) is 18.3 Å². The first-order valence-electron chi connectivity index (χ1n) is 3.29. The quantitative estimate of drug-likeness (QED) is 0.521. The molecule has 1 heterocycles. The summed E-state index contributed by atoms with van der Waals surface area (Å²) in [5, 5.41) is 0.202. The van der Waals surface area contributed by atoms with Gasteiger partial charge < -0.3 is 12.9 Å². The van der Waals surface area contributed by atoms with Crippen molar-refractivity contribution >= 4 is 18.6 Å². The van der Waals surface area contributed by atoms with Crippen molar-refractivity contribution in [1.82, 2.24) is 4.98 Å². The molecule has 0 atom stereocenters. The average molecular weight is 194 g/mol. The Balaban J connectivity index is 2.71. The topological polar surface area (TPSA) is 12.9 Å². The summed E-state index contributed by atoms with van der Waals surface area (Å²) in [6.07, 6.45) is 0.238. The van der Waals surface area contributed by atoms with Gasteiger partial charge in [0.2, 0.25) is 0 Å². The van der Waals surface area contributed by atoms with E-state index in [0.717, 1.165) is 6.20 Å². The molecule has 0 radical (unpaired) electrons. The Kier molecular flexibility index (Phi) is 2.62. The third-order valence-electron chi connectivity index (χ3n) is 1.26. The number of pyridine rings is 1. The molecule has 0 saturated carbocycles. The molecule has 0 bridgehead atoms. The smallest absolute Gasteiger partial charge is 0.449 e. The largest absolute Gasteiger partial charge is 0.482 e. The third kappa shape index (κ3) is 3.13. The van der Waals surface area contributed by atoms with Gasteiger partial charge in [0.15, 0.2) is 0 Å². The van der Waals surface area contributed by atoms with Crippen LogP contribution in [-0.2, 0) is 6.32 Å². The molecule has 66 valence electrons. The van der Waals surface area contributed by atoms with Gasteiger partial charge in [-0.15, -0.1) is 0 Å². The highest BCUT2D eigenvalue weighted by atomic mass is 35.5. The minimum Gasteiger partial charge on any atom is -0.449 e. The van der Waals surface area contributed by atoms with Gasteiger partial charge in [0.1, 0.15) is 5.15 Å². The second kappa shape index (κ2) is 3.35. The van der Waals surface area contributed by atoms with E-state index in [1.165, 1.54) is 12.1 Å². The molecule has 6 heteroatoms. The molecule has 0 aliphatic heterocycles. The molecule has 1 nitrogen and oxygen atoms in total. The van der Waals surface area contributed by atoms with Gasteiger partial charge in [-0.05, 0) is 6.07 Å². The van der Waals surface area contributed by atoms with Crippen LogP contribution in [0.2, 0.25) is 5.15 Å². The summed E-state index contributed by atoms with van der Waals surface area (Å²) >= 11 is 5.40. The van der Waals surface area contributed by atoms with Crippen molar-refractivity contribution in [3.8, 4) is 0 Å². The average Bonchev–Trinajstić information content (AvgIpc) is 1.91. The molecule has 0 saturated heterocycles. The highest BCUT2D eigenvalue weighted by molar-refractivity contribution is 6.57. The van der Waals surface area contributed by atoms with Crippen LogP contribution in [0, 0.1) is 0 Å². The van der Waals surface area contributed by atoms with Crippen LogP contribution in [0.4, 0.5) is 12.9 Å². The van der Waals surface area contributed by atoms with Crippen LogP contribution >= 0.6 is 11.6 Å². The lowest BCUT2D eigenvalue weighted by Crippen LogP contribution is -2.19. The van der Waals surface area contributed by atoms with Crippen LogP contribution < -0.4 is 0 Å². The molecule has 0 aliphatic rings. The molecular formula is C6H5BClF3N-. The van der Waals surface area contributed by atoms with Crippen molar-refractivity contribution in [3.63, 3.8) is 0 Å².